The second-order valence-corrected chi connectivity index (χ2v) is 5.68. The zero-order chi connectivity index (χ0) is 13.0. The third-order valence-corrected chi connectivity index (χ3v) is 4.34. The lowest BCUT2D eigenvalue weighted by Crippen LogP contribution is -1.96. The highest BCUT2D eigenvalue weighted by Crippen LogP contribution is 2.36. The van der Waals surface area contributed by atoms with E-state index in [2.05, 4.69) is 29.9 Å². The van der Waals surface area contributed by atoms with Crippen molar-refractivity contribution in [1.82, 2.24) is 9.97 Å². The van der Waals surface area contributed by atoms with Gasteiger partial charge in [-0.3, -0.25) is 9.97 Å². The summed E-state index contributed by atoms with van der Waals surface area (Å²) in [7, 11) is 0. The molecule has 2 rings (SSSR count). The van der Waals surface area contributed by atoms with Crippen LogP contribution in [0.4, 0.5) is 0 Å². The molecule has 0 saturated heterocycles. The molecule has 94 valence electrons. The molecule has 2 aromatic rings. The number of nitrogens with zero attached hydrogens (tertiary/aromatic N) is 2. The van der Waals surface area contributed by atoms with Crippen LogP contribution in [0.1, 0.15) is 29.1 Å². The van der Waals surface area contributed by atoms with Crippen LogP contribution in [0.2, 0.25) is 0 Å². The van der Waals surface area contributed by atoms with E-state index < -0.39 is 0 Å². The molecule has 18 heavy (non-hydrogen) atoms. The summed E-state index contributed by atoms with van der Waals surface area (Å²) in [5, 5.41) is 0.315. The molecule has 1 atom stereocenters. The fourth-order valence-corrected chi connectivity index (χ4v) is 3.03. The highest BCUT2D eigenvalue weighted by molar-refractivity contribution is 7.99. The van der Waals surface area contributed by atoms with Crippen LogP contribution in [0.15, 0.2) is 41.6 Å². The summed E-state index contributed by atoms with van der Waals surface area (Å²) >= 11 is 7.67. The second-order valence-electron chi connectivity index (χ2n) is 4.03. The Bertz CT molecular complexity index is 516. The minimum absolute atomic E-state index is 0.315. The van der Waals surface area contributed by atoms with E-state index in [1.165, 1.54) is 10.5 Å². The van der Waals surface area contributed by atoms with Crippen molar-refractivity contribution >= 4 is 23.4 Å². The van der Waals surface area contributed by atoms with Crippen LogP contribution in [0.5, 0.6) is 0 Å². The summed E-state index contributed by atoms with van der Waals surface area (Å²) in [6.45, 7) is 4.23. The van der Waals surface area contributed by atoms with E-state index in [1.54, 1.807) is 11.8 Å². The zero-order valence-corrected chi connectivity index (χ0v) is 12.0. The summed E-state index contributed by atoms with van der Waals surface area (Å²) in [5.41, 5.74) is 3.21. The van der Waals surface area contributed by atoms with Gasteiger partial charge in [-0.15, -0.1) is 23.4 Å². The molecule has 2 heterocycles. The average Bonchev–Trinajstić information content (AvgIpc) is 2.42. The van der Waals surface area contributed by atoms with E-state index in [0.29, 0.717) is 11.1 Å². The van der Waals surface area contributed by atoms with E-state index in [0.717, 1.165) is 11.4 Å². The first kappa shape index (κ1) is 13.4. The van der Waals surface area contributed by atoms with Crippen molar-refractivity contribution in [2.24, 2.45) is 0 Å². The Hall–Kier alpha value is -1.06. The van der Waals surface area contributed by atoms with Gasteiger partial charge in [0.2, 0.25) is 0 Å². The van der Waals surface area contributed by atoms with Gasteiger partial charge in [-0.25, -0.2) is 0 Å². The largest absolute Gasteiger partial charge is 0.260 e. The highest BCUT2D eigenvalue weighted by Gasteiger charge is 2.11. The molecule has 0 amide bonds. The maximum atomic E-state index is 5.87. The normalized spacial score (nSPS) is 12.4. The smallest absolute Gasteiger partial charge is 0.0650 e. The number of hydrogen-bond acceptors (Lipinski definition) is 3. The number of halogens is 1. The Morgan fingerprint density at radius 3 is 2.72 bits per heavy atom. The number of aromatic nitrogens is 2. The van der Waals surface area contributed by atoms with Crippen LogP contribution >= 0.6 is 23.4 Å². The van der Waals surface area contributed by atoms with Gasteiger partial charge in [-0.1, -0.05) is 6.07 Å². The molecule has 1 unspecified atom stereocenters. The summed E-state index contributed by atoms with van der Waals surface area (Å²) in [4.78, 5) is 9.88. The van der Waals surface area contributed by atoms with Gasteiger partial charge in [0.25, 0.3) is 0 Å². The Morgan fingerprint density at radius 2 is 2.06 bits per heavy atom. The molecule has 2 aromatic heterocycles. The van der Waals surface area contributed by atoms with Crippen molar-refractivity contribution in [3.63, 3.8) is 0 Å². The third kappa shape index (κ3) is 3.03. The van der Waals surface area contributed by atoms with Crippen molar-refractivity contribution in [3.8, 4) is 0 Å². The maximum absolute atomic E-state index is 5.87. The second kappa shape index (κ2) is 6.21. The number of pyridine rings is 2. The van der Waals surface area contributed by atoms with Crippen LogP contribution in [-0.4, -0.2) is 9.97 Å². The SMILES string of the molecule is Cc1c(SC(C)c2ccccn2)ccnc1CCl. The van der Waals surface area contributed by atoms with Gasteiger partial charge in [0, 0.05) is 22.5 Å². The van der Waals surface area contributed by atoms with Gasteiger partial charge in [0.05, 0.1) is 17.3 Å². The zero-order valence-electron chi connectivity index (χ0n) is 10.4. The fraction of sp³-hybridized carbons (Fsp3) is 0.286. The lowest BCUT2D eigenvalue weighted by Gasteiger charge is -2.13. The molecule has 4 heteroatoms. The molecular weight excluding hydrogens is 264 g/mol. The van der Waals surface area contributed by atoms with E-state index in [9.17, 15) is 0 Å². The molecule has 0 aliphatic heterocycles. The number of rotatable bonds is 4. The monoisotopic (exact) mass is 278 g/mol. The summed E-state index contributed by atoms with van der Waals surface area (Å²) in [6, 6.07) is 8.04. The first-order valence-electron chi connectivity index (χ1n) is 5.80. The van der Waals surface area contributed by atoms with Crippen LogP contribution < -0.4 is 0 Å². The Morgan fingerprint density at radius 1 is 1.22 bits per heavy atom. The van der Waals surface area contributed by atoms with Crippen LogP contribution in [-0.2, 0) is 5.88 Å². The Kier molecular flexibility index (Phi) is 4.61. The van der Waals surface area contributed by atoms with Gasteiger partial charge >= 0.3 is 0 Å². The number of thioether (sulfide) groups is 1. The first-order chi connectivity index (χ1) is 8.72. The number of alkyl halides is 1. The van der Waals surface area contributed by atoms with Crippen molar-refractivity contribution < 1.29 is 0 Å². The van der Waals surface area contributed by atoms with E-state index >= 15 is 0 Å². The van der Waals surface area contributed by atoms with Crippen LogP contribution in [0.25, 0.3) is 0 Å². The summed E-state index contributed by atoms with van der Waals surface area (Å²) in [6.07, 6.45) is 3.65. The Labute approximate surface area is 117 Å². The minimum Gasteiger partial charge on any atom is -0.260 e. The van der Waals surface area contributed by atoms with Crippen LogP contribution in [0.3, 0.4) is 0 Å². The minimum atomic E-state index is 0.315. The summed E-state index contributed by atoms with van der Waals surface area (Å²) in [5.74, 6) is 0.457. The lowest BCUT2D eigenvalue weighted by atomic mass is 10.2. The molecule has 2 nitrogen and oxygen atoms in total. The standard InChI is InChI=1S/C14H15ClN2S/c1-10-13(9-15)17-8-6-14(10)18-11(2)12-5-3-4-7-16-12/h3-8,11H,9H2,1-2H3. The molecular formula is C14H15ClN2S. The predicted molar refractivity (Wildman–Crippen MR) is 77.0 cm³/mol. The molecule has 0 fully saturated rings. The first-order valence-corrected chi connectivity index (χ1v) is 7.22. The summed E-state index contributed by atoms with van der Waals surface area (Å²) < 4.78 is 0. The van der Waals surface area contributed by atoms with Gasteiger partial charge < -0.3 is 0 Å². The quantitative estimate of drug-likeness (QED) is 0.613. The maximum Gasteiger partial charge on any atom is 0.0650 e. The van der Waals surface area contributed by atoms with Crippen molar-refractivity contribution in [1.29, 1.82) is 0 Å². The molecule has 0 aromatic carbocycles. The van der Waals surface area contributed by atoms with Crippen molar-refractivity contribution in [2.45, 2.75) is 29.9 Å². The molecule has 0 spiro atoms. The fourth-order valence-electron chi connectivity index (χ4n) is 1.69. The van der Waals surface area contributed by atoms with E-state index in [1.807, 2.05) is 30.6 Å². The third-order valence-electron chi connectivity index (χ3n) is 2.79. The molecule has 0 aliphatic rings. The van der Waals surface area contributed by atoms with E-state index in [4.69, 9.17) is 11.6 Å². The molecule has 0 bridgehead atoms. The van der Waals surface area contributed by atoms with E-state index in [-0.39, 0.29) is 0 Å². The van der Waals surface area contributed by atoms with Gasteiger partial charge in [0.15, 0.2) is 0 Å². The topological polar surface area (TPSA) is 25.8 Å². The molecule has 0 saturated carbocycles. The highest BCUT2D eigenvalue weighted by atomic mass is 35.5. The van der Waals surface area contributed by atoms with Gasteiger partial charge in [-0.05, 0) is 37.6 Å². The molecule has 0 radical (unpaired) electrons. The van der Waals surface area contributed by atoms with Crippen LogP contribution in [0, 0.1) is 6.92 Å². The predicted octanol–water partition coefficient (Wildman–Crippen LogP) is 4.38. The molecule has 0 aliphatic carbocycles. The van der Waals surface area contributed by atoms with Gasteiger partial charge in [-0.2, -0.15) is 0 Å². The van der Waals surface area contributed by atoms with Crippen molar-refractivity contribution in [2.75, 3.05) is 0 Å². The average molecular weight is 279 g/mol. The van der Waals surface area contributed by atoms with Gasteiger partial charge in [0.1, 0.15) is 0 Å². The number of hydrogen-bond donors (Lipinski definition) is 0. The van der Waals surface area contributed by atoms with Crippen molar-refractivity contribution in [3.05, 3.63) is 53.6 Å². The lowest BCUT2D eigenvalue weighted by molar-refractivity contribution is 0.998. The Balaban J connectivity index is 2.19. The molecule has 0 N–H and O–H groups in total.